The lowest BCUT2D eigenvalue weighted by atomic mass is 10.1. The second-order valence-corrected chi connectivity index (χ2v) is 4.30. The number of hydrogen-bond donors (Lipinski definition) is 1. The standard InChI is InChI=1S/C10H14NS/c1-2-3-9-6-8-7-11-5-4-10(8)12-9/h3,6,11H,2,4-5,7H2,1H3. The molecule has 0 saturated carbocycles. The summed E-state index contributed by atoms with van der Waals surface area (Å²) in [5.41, 5.74) is 1.52. The Balaban J connectivity index is 2.20. The smallest absolute Gasteiger partial charge is 0.0216 e. The molecule has 2 rings (SSSR count). The summed E-state index contributed by atoms with van der Waals surface area (Å²) in [6.45, 7) is 4.42. The Labute approximate surface area is 77.8 Å². The predicted molar refractivity (Wildman–Crippen MR) is 53.4 cm³/mol. The molecule has 12 heavy (non-hydrogen) atoms. The van der Waals surface area contributed by atoms with Gasteiger partial charge in [-0.05, 0) is 24.5 Å². The first-order chi connectivity index (χ1) is 5.90. The van der Waals surface area contributed by atoms with Gasteiger partial charge in [0.05, 0.1) is 0 Å². The summed E-state index contributed by atoms with van der Waals surface area (Å²) in [6.07, 6.45) is 4.67. The largest absolute Gasteiger partial charge is 0.312 e. The van der Waals surface area contributed by atoms with E-state index in [-0.39, 0.29) is 0 Å². The number of hydrogen-bond acceptors (Lipinski definition) is 2. The molecule has 1 aromatic heterocycles. The van der Waals surface area contributed by atoms with Gasteiger partial charge in [-0.1, -0.05) is 6.92 Å². The molecular formula is C10H14NS. The Bertz CT molecular complexity index is 241. The molecule has 0 amide bonds. The van der Waals surface area contributed by atoms with Crippen LogP contribution in [0.25, 0.3) is 0 Å². The van der Waals surface area contributed by atoms with E-state index in [1.165, 1.54) is 16.9 Å². The second kappa shape index (κ2) is 3.58. The maximum absolute atomic E-state index is 3.39. The minimum Gasteiger partial charge on any atom is -0.312 e. The van der Waals surface area contributed by atoms with Gasteiger partial charge < -0.3 is 5.32 Å². The van der Waals surface area contributed by atoms with Crippen molar-refractivity contribution in [3.05, 3.63) is 27.8 Å². The fraction of sp³-hybridized carbons (Fsp3) is 0.500. The molecule has 0 unspecified atom stereocenters. The van der Waals surface area contributed by atoms with Crippen LogP contribution in [0.5, 0.6) is 0 Å². The van der Waals surface area contributed by atoms with Crippen molar-refractivity contribution in [1.82, 2.24) is 5.32 Å². The summed E-state index contributed by atoms with van der Waals surface area (Å²) in [7, 11) is 0. The van der Waals surface area contributed by atoms with E-state index in [1.807, 2.05) is 11.3 Å². The predicted octanol–water partition coefficient (Wildman–Crippen LogP) is 2.36. The summed E-state index contributed by atoms with van der Waals surface area (Å²) in [6, 6.07) is 2.33. The molecule has 65 valence electrons. The Hall–Kier alpha value is -0.340. The molecule has 0 atom stereocenters. The molecule has 0 saturated heterocycles. The number of thiophene rings is 1. The molecule has 0 fully saturated rings. The zero-order valence-electron chi connectivity index (χ0n) is 7.39. The Morgan fingerprint density at radius 2 is 2.58 bits per heavy atom. The lowest BCUT2D eigenvalue weighted by Crippen LogP contribution is -2.21. The van der Waals surface area contributed by atoms with Crippen molar-refractivity contribution >= 4 is 11.3 Å². The van der Waals surface area contributed by atoms with Gasteiger partial charge in [0.2, 0.25) is 0 Å². The van der Waals surface area contributed by atoms with Crippen LogP contribution in [0.2, 0.25) is 0 Å². The average Bonchev–Trinajstić information content (AvgIpc) is 2.47. The normalized spacial score (nSPS) is 16.1. The fourth-order valence-electron chi connectivity index (χ4n) is 1.58. The van der Waals surface area contributed by atoms with Gasteiger partial charge >= 0.3 is 0 Å². The van der Waals surface area contributed by atoms with Crippen molar-refractivity contribution in [2.24, 2.45) is 0 Å². The van der Waals surface area contributed by atoms with Crippen LogP contribution < -0.4 is 5.32 Å². The van der Waals surface area contributed by atoms with Crippen LogP contribution in [0.3, 0.4) is 0 Å². The van der Waals surface area contributed by atoms with E-state index >= 15 is 0 Å². The SMILES string of the molecule is CC[CH]c1cc2c(s1)CCNC2. The third kappa shape index (κ3) is 1.54. The maximum Gasteiger partial charge on any atom is 0.0216 e. The van der Waals surface area contributed by atoms with E-state index in [2.05, 4.69) is 24.7 Å². The number of rotatable bonds is 2. The van der Waals surface area contributed by atoms with E-state index in [0.717, 1.165) is 19.5 Å². The average molecular weight is 180 g/mol. The number of fused-ring (bicyclic) bond motifs is 1. The molecule has 0 aromatic carbocycles. The van der Waals surface area contributed by atoms with Gasteiger partial charge in [0.25, 0.3) is 0 Å². The van der Waals surface area contributed by atoms with E-state index in [0.29, 0.717) is 0 Å². The topological polar surface area (TPSA) is 12.0 Å². The zero-order valence-corrected chi connectivity index (χ0v) is 8.21. The second-order valence-electron chi connectivity index (χ2n) is 3.14. The minimum absolute atomic E-state index is 1.07. The molecule has 0 spiro atoms. The van der Waals surface area contributed by atoms with Crippen LogP contribution in [0.1, 0.15) is 28.7 Å². The third-order valence-corrected chi connectivity index (χ3v) is 3.40. The van der Waals surface area contributed by atoms with Crippen LogP contribution in [0, 0.1) is 6.42 Å². The van der Waals surface area contributed by atoms with Crippen LogP contribution in [-0.4, -0.2) is 6.54 Å². The molecule has 1 aliphatic heterocycles. The highest BCUT2D eigenvalue weighted by molar-refractivity contribution is 7.12. The van der Waals surface area contributed by atoms with Crippen LogP contribution in [-0.2, 0) is 13.0 Å². The van der Waals surface area contributed by atoms with Crippen molar-refractivity contribution in [3.8, 4) is 0 Å². The Morgan fingerprint density at radius 1 is 1.67 bits per heavy atom. The minimum atomic E-state index is 1.07. The van der Waals surface area contributed by atoms with Crippen molar-refractivity contribution in [1.29, 1.82) is 0 Å². The van der Waals surface area contributed by atoms with E-state index < -0.39 is 0 Å². The molecule has 1 aliphatic rings. The van der Waals surface area contributed by atoms with Crippen molar-refractivity contribution in [2.75, 3.05) is 6.54 Å². The monoisotopic (exact) mass is 180 g/mol. The summed E-state index contributed by atoms with van der Waals surface area (Å²) in [4.78, 5) is 3.04. The quantitative estimate of drug-likeness (QED) is 0.736. The van der Waals surface area contributed by atoms with Gasteiger partial charge in [-0.3, -0.25) is 0 Å². The Morgan fingerprint density at radius 3 is 3.33 bits per heavy atom. The molecule has 0 aliphatic carbocycles. The summed E-state index contributed by atoms with van der Waals surface area (Å²) in [5.74, 6) is 0. The van der Waals surface area contributed by atoms with Gasteiger partial charge in [0.1, 0.15) is 0 Å². The summed E-state index contributed by atoms with van der Waals surface area (Å²) in [5, 5.41) is 3.39. The van der Waals surface area contributed by atoms with Crippen molar-refractivity contribution in [3.63, 3.8) is 0 Å². The Kier molecular flexibility index (Phi) is 2.47. The summed E-state index contributed by atoms with van der Waals surface area (Å²) < 4.78 is 0. The first-order valence-corrected chi connectivity index (χ1v) is 5.37. The highest BCUT2D eigenvalue weighted by Gasteiger charge is 2.11. The molecule has 2 heterocycles. The molecule has 1 radical (unpaired) electrons. The van der Waals surface area contributed by atoms with Crippen LogP contribution in [0.15, 0.2) is 6.07 Å². The van der Waals surface area contributed by atoms with Gasteiger partial charge in [-0.25, -0.2) is 0 Å². The van der Waals surface area contributed by atoms with Crippen molar-refractivity contribution < 1.29 is 0 Å². The molecule has 2 heteroatoms. The lowest BCUT2D eigenvalue weighted by Gasteiger charge is -2.10. The lowest BCUT2D eigenvalue weighted by molar-refractivity contribution is 0.653. The van der Waals surface area contributed by atoms with Gasteiger partial charge in [-0.2, -0.15) is 0 Å². The van der Waals surface area contributed by atoms with E-state index in [1.54, 1.807) is 4.88 Å². The molecular weight excluding hydrogens is 166 g/mol. The van der Waals surface area contributed by atoms with Crippen LogP contribution in [0.4, 0.5) is 0 Å². The zero-order chi connectivity index (χ0) is 8.39. The third-order valence-electron chi connectivity index (χ3n) is 2.17. The molecule has 1 aromatic rings. The molecule has 1 N–H and O–H groups in total. The van der Waals surface area contributed by atoms with Gasteiger partial charge in [-0.15, -0.1) is 11.3 Å². The number of nitrogens with one attached hydrogen (secondary N) is 1. The van der Waals surface area contributed by atoms with Crippen LogP contribution >= 0.6 is 11.3 Å². The van der Waals surface area contributed by atoms with Crippen molar-refractivity contribution in [2.45, 2.75) is 26.3 Å². The fourth-order valence-corrected chi connectivity index (χ4v) is 2.78. The van der Waals surface area contributed by atoms with Gasteiger partial charge in [0, 0.05) is 29.3 Å². The van der Waals surface area contributed by atoms with E-state index in [4.69, 9.17) is 0 Å². The first-order valence-electron chi connectivity index (χ1n) is 4.55. The summed E-state index contributed by atoms with van der Waals surface area (Å²) >= 11 is 1.96. The molecule has 0 bridgehead atoms. The highest BCUT2D eigenvalue weighted by Crippen LogP contribution is 2.26. The van der Waals surface area contributed by atoms with Gasteiger partial charge in [0.15, 0.2) is 0 Å². The first kappa shape index (κ1) is 8.27. The molecule has 1 nitrogen and oxygen atoms in total. The maximum atomic E-state index is 3.39. The van der Waals surface area contributed by atoms with E-state index in [9.17, 15) is 0 Å². The highest BCUT2D eigenvalue weighted by atomic mass is 32.1.